The van der Waals surface area contributed by atoms with E-state index in [1.807, 2.05) is 0 Å². The molecule has 0 spiro atoms. The Morgan fingerprint density at radius 2 is 2.11 bits per heavy atom. The third-order valence-electron chi connectivity index (χ3n) is 1.95. The van der Waals surface area contributed by atoms with E-state index in [0.29, 0.717) is 18.7 Å². The molecule has 1 amide bonds. The number of nitrogens with two attached hydrogens (primary N) is 1. The first-order chi connectivity index (χ1) is 8.33. The van der Waals surface area contributed by atoms with Gasteiger partial charge in [0.1, 0.15) is 0 Å². The molecule has 0 unspecified atom stereocenters. The van der Waals surface area contributed by atoms with Crippen LogP contribution in [0.15, 0.2) is 18.2 Å². The molecule has 0 radical (unpaired) electrons. The first-order valence-electron chi connectivity index (χ1n) is 5.09. The number of amides is 1. The summed E-state index contributed by atoms with van der Waals surface area (Å²) >= 11 is 5.83. The summed E-state index contributed by atoms with van der Waals surface area (Å²) in [5.74, 6) is -0.339. The van der Waals surface area contributed by atoms with Crippen molar-refractivity contribution in [3.8, 4) is 0 Å². The third-order valence-corrected chi connectivity index (χ3v) is 2.87. The highest BCUT2D eigenvalue weighted by molar-refractivity contribution is 7.92. The van der Waals surface area contributed by atoms with E-state index in [2.05, 4.69) is 10.0 Å². The van der Waals surface area contributed by atoms with Crippen molar-refractivity contribution < 1.29 is 13.2 Å². The largest absolute Gasteiger partial charge is 0.351 e. The maximum Gasteiger partial charge on any atom is 0.251 e. The fourth-order valence-corrected chi connectivity index (χ4v) is 2.02. The number of hydrogen-bond acceptors (Lipinski definition) is 4. The monoisotopic (exact) mass is 291 g/mol. The third kappa shape index (κ3) is 4.52. The van der Waals surface area contributed by atoms with Crippen LogP contribution in [0, 0.1) is 0 Å². The van der Waals surface area contributed by atoms with Gasteiger partial charge in [-0.3, -0.25) is 9.52 Å². The average molecular weight is 292 g/mol. The second-order valence-corrected chi connectivity index (χ2v) is 5.77. The Kier molecular flexibility index (Phi) is 4.94. The van der Waals surface area contributed by atoms with Crippen molar-refractivity contribution in [1.29, 1.82) is 0 Å². The number of hydrogen-bond donors (Lipinski definition) is 3. The standard InChI is InChI=1S/C10H14ClN3O3S/c1-18(16,17)14-9-6-7(2-3-8(9)11)10(15)13-5-4-12/h2-3,6,14H,4-5,12H2,1H3,(H,13,15). The van der Waals surface area contributed by atoms with Gasteiger partial charge in [-0.05, 0) is 18.2 Å². The van der Waals surface area contributed by atoms with Crippen LogP contribution in [0.4, 0.5) is 5.69 Å². The Balaban J connectivity index is 2.97. The first kappa shape index (κ1) is 14.7. The number of halogens is 1. The van der Waals surface area contributed by atoms with Crippen LogP contribution in [-0.4, -0.2) is 33.7 Å². The Morgan fingerprint density at radius 3 is 2.67 bits per heavy atom. The molecule has 8 heteroatoms. The Bertz CT molecular complexity index is 545. The topological polar surface area (TPSA) is 101 Å². The molecule has 0 bridgehead atoms. The van der Waals surface area contributed by atoms with Crippen molar-refractivity contribution in [1.82, 2.24) is 5.32 Å². The summed E-state index contributed by atoms with van der Waals surface area (Å²) in [6.07, 6.45) is 1.00. The van der Waals surface area contributed by atoms with Crippen LogP contribution < -0.4 is 15.8 Å². The Hall–Kier alpha value is -1.31. The summed E-state index contributed by atoms with van der Waals surface area (Å²) in [5, 5.41) is 2.79. The summed E-state index contributed by atoms with van der Waals surface area (Å²) < 4.78 is 24.5. The maximum atomic E-state index is 11.6. The summed E-state index contributed by atoms with van der Waals surface area (Å²) in [6, 6.07) is 4.32. The van der Waals surface area contributed by atoms with Gasteiger partial charge in [-0.2, -0.15) is 0 Å². The van der Waals surface area contributed by atoms with Gasteiger partial charge < -0.3 is 11.1 Å². The second kappa shape index (κ2) is 6.03. The lowest BCUT2D eigenvalue weighted by atomic mass is 10.2. The molecule has 1 aromatic carbocycles. The number of benzene rings is 1. The highest BCUT2D eigenvalue weighted by Crippen LogP contribution is 2.23. The van der Waals surface area contributed by atoms with Crippen LogP contribution in [0.1, 0.15) is 10.4 Å². The van der Waals surface area contributed by atoms with E-state index in [1.165, 1.54) is 18.2 Å². The smallest absolute Gasteiger partial charge is 0.251 e. The predicted molar refractivity (Wildman–Crippen MR) is 71.3 cm³/mol. The van der Waals surface area contributed by atoms with Gasteiger partial charge in [-0.1, -0.05) is 11.6 Å². The normalized spacial score (nSPS) is 11.1. The first-order valence-corrected chi connectivity index (χ1v) is 7.36. The molecule has 0 saturated heterocycles. The molecule has 18 heavy (non-hydrogen) atoms. The number of carbonyl (C=O) groups is 1. The van der Waals surface area contributed by atoms with E-state index in [9.17, 15) is 13.2 Å². The predicted octanol–water partition coefficient (Wildman–Crippen LogP) is 0.400. The maximum absolute atomic E-state index is 11.6. The summed E-state index contributed by atoms with van der Waals surface area (Å²) in [7, 11) is -3.45. The van der Waals surface area contributed by atoms with Gasteiger partial charge >= 0.3 is 0 Å². The van der Waals surface area contributed by atoms with Crippen LogP contribution >= 0.6 is 11.6 Å². The number of sulfonamides is 1. The molecule has 0 aromatic heterocycles. The van der Waals surface area contributed by atoms with Crippen molar-refractivity contribution in [2.75, 3.05) is 24.1 Å². The fraction of sp³-hybridized carbons (Fsp3) is 0.300. The highest BCUT2D eigenvalue weighted by Gasteiger charge is 2.11. The zero-order valence-corrected chi connectivity index (χ0v) is 11.3. The number of nitrogens with one attached hydrogen (secondary N) is 2. The zero-order valence-electron chi connectivity index (χ0n) is 9.73. The molecule has 0 aliphatic carbocycles. The van der Waals surface area contributed by atoms with E-state index in [0.717, 1.165) is 6.26 Å². The van der Waals surface area contributed by atoms with Crippen LogP contribution in [0.5, 0.6) is 0 Å². The van der Waals surface area contributed by atoms with Gasteiger partial charge in [-0.15, -0.1) is 0 Å². The molecule has 0 aliphatic heterocycles. The van der Waals surface area contributed by atoms with E-state index >= 15 is 0 Å². The van der Waals surface area contributed by atoms with Gasteiger partial charge in [0.15, 0.2) is 0 Å². The minimum atomic E-state index is -3.45. The van der Waals surface area contributed by atoms with Crippen molar-refractivity contribution in [2.24, 2.45) is 5.73 Å². The molecule has 0 aliphatic rings. The van der Waals surface area contributed by atoms with Gasteiger partial charge in [0.25, 0.3) is 5.91 Å². The molecule has 4 N–H and O–H groups in total. The lowest BCUT2D eigenvalue weighted by Gasteiger charge is -2.09. The van der Waals surface area contributed by atoms with E-state index < -0.39 is 10.0 Å². The molecule has 100 valence electrons. The van der Waals surface area contributed by atoms with Crippen LogP contribution in [0.25, 0.3) is 0 Å². The number of rotatable bonds is 5. The van der Waals surface area contributed by atoms with Crippen molar-refractivity contribution in [3.63, 3.8) is 0 Å². The molecular formula is C10H14ClN3O3S. The Labute approximate surface area is 111 Å². The summed E-state index contributed by atoms with van der Waals surface area (Å²) in [5.41, 5.74) is 5.74. The minimum Gasteiger partial charge on any atom is -0.351 e. The van der Waals surface area contributed by atoms with Crippen LogP contribution in [-0.2, 0) is 10.0 Å². The summed E-state index contributed by atoms with van der Waals surface area (Å²) in [6.45, 7) is 0.671. The molecule has 1 rings (SSSR count). The van der Waals surface area contributed by atoms with Gasteiger partial charge in [0.2, 0.25) is 10.0 Å². The molecular weight excluding hydrogens is 278 g/mol. The lowest BCUT2D eigenvalue weighted by Crippen LogP contribution is -2.29. The van der Waals surface area contributed by atoms with Gasteiger partial charge in [0, 0.05) is 18.7 Å². The SMILES string of the molecule is CS(=O)(=O)Nc1cc(C(=O)NCCN)ccc1Cl. The van der Waals surface area contributed by atoms with E-state index in [1.54, 1.807) is 0 Å². The van der Waals surface area contributed by atoms with E-state index in [4.69, 9.17) is 17.3 Å². The minimum absolute atomic E-state index is 0.166. The van der Waals surface area contributed by atoms with Crippen LogP contribution in [0.3, 0.4) is 0 Å². The molecule has 0 fully saturated rings. The molecule has 1 aromatic rings. The lowest BCUT2D eigenvalue weighted by molar-refractivity contribution is 0.0955. The second-order valence-electron chi connectivity index (χ2n) is 3.61. The van der Waals surface area contributed by atoms with Gasteiger partial charge in [-0.25, -0.2) is 8.42 Å². The molecule has 0 atom stereocenters. The zero-order chi connectivity index (χ0) is 13.8. The Morgan fingerprint density at radius 1 is 1.44 bits per heavy atom. The molecule has 0 saturated carbocycles. The quantitative estimate of drug-likeness (QED) is 0.731. The molecule has 0 heterocycles. The number of carbonyl (C=O) groups excluding carboxylic acids is 1. The summed E-state index contributed by atoms with van der Waals surface area (Å²) in [4.78, 5) is 11.6. The average Bonchev–Trinajstić information content (AvgIpc) is 2.27. The van der Waals surface area contributed by atoms with E-state index in [-0.39, 0.29) is 16.6 Å². The highest BCUT2D eigenvalue weighted by atomic mass is 35.5. The van der Waals surface area contributed by atoms with Gasteiger partial charge in [0.05, 0.1) is 17.0 Å². The molecule has 6 nitrogen and oxygen atoms in total. The number of anilines is 1. The van der Waals surface area contributed by atoms with Crippen LogP contribution in [0.2, 0.25) is 5.02 Å². The van der Waals surface area contributed by atoms with Crippen molar-refractivity contribution in [3.05, 3.63) is 28.8 Å². The fourth-order valence-electron chi connectivity index (χ4n) is 1.23. The van der Waals surface area contributed by atoms with Crippen molar-refractivity contribution >= 4 is 33.2 Å². The van der Waals surface area contributed by atoms with Crippen molar-refractivity contribution in [2.45, 2.75) is 0 Å².